The summed E-state index contributed by atoms with van der Waals surface area (Å²) in [6, 6.07) is 14.6. The summed E-state index contributed by atoms with van der Waals surface area (Å²) < 4.78 is 4.57. The Balaban J connectivity index is 1.27. The van der Waals surface area contributed by atoms with Gasteiger partial charge in [-0.3, -0.25) is 14.5 Å². The molecule has 9 heteroatoms. The maximum atomic E-state index is 13.1. The lowest BCUT2D eigenvalue weighted by molar-refractivity contribution is -0.689. The molecule has 0 saturated heterocycles. The summed E-state index contributed by atoms with van der Waals surface area (Å²) in [4.78, 5) is 27.5. The van der Waals surface area contributed by atoms with Gasteiger partial charge in [-0.15, -0.1) is 4.68 Å². The van der Waals surface area contributed by atoms with Crippen molar-refractivity contribution in [1.82, 2.24) is 14.7 Å². The van der Waals surface area contributed by atoms with Crippen LogP contribution in [-0.4, -0.2) is 33.0 Å². The fourth-order valence-corrected chi connectivity index (χ4v) is 5.04. The number of carbonyl (C=O) groups is 2. The normalized spacial score (nSPS) is 13.2. The van der Waals surface area contributed by atoms with E-state index in [0.717, 1.165) is 15.4 Å². The molecule has 1 aliphatic heterocycles. The molecule has 1 aromatic heterocycles. The van der Waals surface area contributed by atoms with Crippen molar-refractivity contribution >= 4 is 61.7 Å². The third-order valence-electron chi connectivity index (χ3n) is 5.71. The Morgan fingerprint density at radius 2 is 1.76 bits per heavy atom. The number of halogens is 3. The van der Waals surface area contributed by atoms with E-state index < -0.39 is 0 Å². The molecule has 33 heavy (non-hydrogen) atoms. The highest BCUT2D eigenvalue weighted by atomic mass is 79.9. The molecule has 0 aliphatic carbocycles. The van der Waals surface area contributed by atoms with E-state index in [1.807, 2.05) is 35.2 Å². The number of carbonyl (C=O) groups excluding carboxylic acids is 2. The monoisotopic (exact) mass is 543 g/mol. The Kier molecular flexibility index (Phi) is 5.95. The van der Waals surface area contributed by atoms with Crippen molar-refractivity contribution < 1.29 is 14.2 Å². The highest BCUT2D eigenvalue weighted by Crippen LogP contribution is 2.34. The van der Waals surface area contributed by atoms with E-state index >= 15 is 0 Å². The molecule has 0 fully saturated rings. The first-order chi connectivity index (χ1) is 15.9. The van der Waals surface area contributed by atoms with Crippen molar-refractivity contribution in [2.45, 2.75) is 19.5 Å². The van der Waals surface area contributed by atoms with Crippen molar-refractivity contribution in [2.24, 2.45) is 0 Å². The van der Waals surface area contributed by atoms with E-state index in [-0.39, 0.29) is 11.8 Å². The molecule has 0 spiro atoms. The van der Waals surface area contributed by atoms with Crippen LogP contribution in [-0.2, 0) is 13.1 Å². The van der Waals surface area contributed by atoms with Crippen LogP contribution >= 0.6 is 39.1 Å². The van der Waals surface area contributed by atoms with Crippen LogP contribution in [0.2, 0.25) is 10.0 Å². The van der Waals surface area contributed by atoms with Gasteiger partial charge in [0.2, 0.25) is 6.33 Å². The van der Waals surface area contributed by atoms with E-state index in [2.05, 4.69) is 21.0 Å². The molecule has 0 saturated carbocycles. The van der Waals surface area contributed by atoms with Crippen molar-refractivity contribution in [1.29, 1.82) is 0 Å². The average molecular weight is 545 g/mol. The van der Waals surface area contributed by atoms with Gasteiger partial charge in [-0.2, -0.15) is 0 Å². The van der Waals surface area contributed by atoms with Crippen LogP contribution in [0.3, 0.4) is 0 Å². The average Bonchev–Trinajstić information content (AvgIpc) is 3.24. The Bertz CT molecular complexity index is 1400. The lowest BCUT2D eigenvalue weighted by Gasteiger charge is -2.27. The molecule has 0 bridgehead atoms. The van der Waals surface area contributed by atoms with Crippen LogP contribution in [0.15, 0.2) is 65.7 Å². The fraction of sp³-hybridized carbons (Fsp3) is 0.167. The Morgan fingerprint density at radius 3 is 2.55 bits per heavy atom. The summed E-state index contributed by atoms with van der Waals surface area (Å²) in [5.74, 6) is -0.520. The van der Waals surface area contributed by atoms with Gasteiger partial charge < -0.3 is 0 Å². The fourth-order valence-electron chi connectivity index (χ4n) is 4.11. The number of imide groups is 1. The van der Waals surface area contributed by atoms with Crippen LogP contribution in [0.4, 0.5) is 0 Å². The molecule has 0 unspecified atom stereocenters. The first kappa shape index (κ1) is 22.1. The highest BCUT2D eigenvalue weighted by Gasteiger charge is 2.32. The predicted molar refractivity (Wildman–Crippen MR) is 130 cm³/mol. The summed E-state index contributed by atoms with van der Waals surface area (Å²) in [5.41, 5.74) is 2.05. The van der Waals surface area contributed by atoms with Crippen molar-refractivity contribution in [3.8, 4) is 0 Å². The minimum atomic E-state index is -0.260. The molecule has 6 nitrogen and oxygen atoms in total. The van der Waals surface area contributed by atoms with Gasteiger partial charge in [0.05, 0.1) is 6.54 Å². The maximum absolute atomic E-state index is 13.1. The van der Waals surface area contributed by atoms with Crippen LogP contribution in [0.1, 0.15) is 32.7 Å². The topological polar surface area (TPSA) is 59.1 Å². The molecular formula is C24H18BrCl2N4O2+. The zero-order valence-electron chi connectivity index (χ0n) is 17.3. The summed E-state index contributed by atoms with van der Waals surface area (Å²) in [7, 11) is 0. The van der Waals surface area contributed by atoms with E-state index in [1.165, 1.54) is 4.90 Å². The van der Waals surface area contributed by atoms with Crippen molar-refractivity contribution in [3.05, 3.63) is 92.4 Å². The van der Waals surface area contributed by atoms with Gasteiger partial charge in [0.1, 0.15) is 6.54 Å². The van der Waals surface area contributed by atoms with Gasteiger partial charge in [-0.1, -0.05) is 57.3 Å². The molecule has 5 rings (SSSR count). The van der Waals surface area contributed by atoms with E-state index in [0.29, 0.717) is 52.6 Å². The third kappa shape index (κ3) is 4.16. The summed E-state index contributed by atoms with van der Waals surface area (Å²) in [6.45, 7) is 1.44. The minimum absolute atomic E-state index is 0.260. The van der Waals surface area contributed by atoms with Gasteiger partial charge >= 0.3 is 0 Å². The standard InChI is InChI=1S/C24H18BrCl2N4O2/c25-20-8-7-19-22-17(20)3-1-4-18(22)23(32)31(24(19)33)10-2-9-30-14-29(13-28-30)12-15-5-6-16(26)11-21(15)27/h1,3-8,11,13-14H,2,9-10,12H2/q+1. The zero-order valence-corrected chi connectivity index (χ0v) is 20.4. The summed E-state index contributed by atoms with van der Waals surface area (Å²) in [5, 5.41) is 7.16. The number of aryl methyl sites for hydroxylation is 1. The number of amides is 2. The number of nitrogens with zero attached hydrogens (tertiary/aromatic N) is 4. The Morgan fingerprint density at radius 1 is 0.970 bits per heavy atom. The van der Waals surface area contributed by atoms with E-state index in [4.69, 9.17) is 23.2 Å². The van der Waals surface area contributed by atoms with Gasteiger partial charge in [0.25, 0.3) is 18.1 Å². The molecule has 0 atom stereocenters. The second-order valence-corrected chi connectivity index (χ2v) is 9.55. The first-order valence-electron chi connectivity index (χ1n) is 10.4. The number of hydrogen-bond donors (Lipinski definition) is 0. The molecule has 1 aliphatic rings. The smallest absolute Gasteiger partial charge is 0.265 e. The lowest BCUT2D eigenvalue weighted by atomic mass is 9.94. The molecule has 2 heterocycles. The molecule has 0 radical (unpaired) electrons. The van der Waals surface area contributed by atoms with Crippen LogP contribution in [0.5, 0.6) is 0 Å². The minimum Gasteiger partial charge on any atom is -0.274 e. The van der Waals surface area contributed by atoms with E-state index in [9.17, 15) is 9.59 Å². The van der Waals surface area contributed by atoms with Gasteiger partial charge in [0, 0.05) is 48.2 Å². The number of aromatic nitrogens is 3. The van der Waals surface area contributed by atoms with Crippen molar-refractivity contribution in [3.63, 3.8) is 0 Å². The molecule has 3 aromatic carbocycles. The van der Waals surface area contributed by atoms with Gasteiger partial charge in [-0.25, -0.2) is 4.57 Å². The number of benzene rings is 3. The second-order valence-electron chi connectivity index (χ2n) is 7.86. The molecule has 0 N–H and O–H groups in total. The Hall–Kier alpha value is -2.74. The van der Waals surface area contributed by atoms with Crippen molar-refractivity contribution in [2.75, 3.05) is 6.54 Å². The highest BCUT2D eigenvalue weighted by molar-refractivity contribution is 9.10. The maximum Gasteiger partial charge on any atom is 0.265 e. The summed E-state index contributed by atoms with van der Waals surface area (Å²) in [6.07, 6.45) is 4.18. The zero-order chi connectivity index (χ0) is 23.1. The molecule has 4 aromatic rings. The molecule has 166 valence electrons. The number of hydrogen-bond acceptors (Lipinski definition) is 3. The van der Waals surface area contributed by atoms with Crippen LogP contribution in [0.25, 0.3) is 10.8 Å². The third-order valence-corrected chi connectivity index (χ3v) is 6.98. The second kappa shape index (κ2) is 8.89. The molecule has 2 amide bonds. The largest absolute Gasteiger partial charge is 0.274 e. The number of rotatable bonds is 6. The quantitative estimate of drug-likeness (QED) is 0.250. The van der Waals surface area contributed by atoms with Gasteiger partial charge in [0.15, 0.2) is 0 Å². The Labute approximate surface area is 208 Å². The van der Waals surface area contributed by atoms with Crippen LogP contribution in [0, 0.1) is 0 Å². The van der Waals surface area contributed by atoms with Crippen LogP contribution < -0.4 is 4.57 Å². The lowest BCUT2D eigenvalue weighted by Crippen LogP contribution is -2.41. The van der Waals surface area contributed by atoms with E-state index in [1.54, 1.807) is 35.3 Å². The SMILES string of the molecule is O=C1c2cccc3c(Br)ccc(c23)C(=O)N1CCCn1c[n+](Cc2ccc(Cl)cc2Cl)cn1. The first-order valence-corrected chi connectivity index (χ1v) is 11.9. The van der Waals surface area contributed by atoms with Gasteiger partial charge in [-0.05, 0) is 42.1 Å². The molecular weight excluding hydrogens is 527 g/mol. The summed E-state index contributed by atoms with van der Waals surface area (Å²) >= 11 is 15.7. The predicted octanol–water partition coefficient (Wildman–Crippen LogP) is 5.13.